The molecule has 2 atom stereocenters. The van der Waals surface area contributed by atoms with E-state index in [1.54, 1.807) is 6.20 Å². The van der Waals surface area contributed by atoms with Crippen LogP contribution in [-0.2, 0) is 14.4 Å². The molecule has 0 radical (unpaired) electrons. The Labute approximate surface area is 159 Å². The van der Waals surface area contributed by atoms with Gasteiger partial charge < -0.3 is 20.1 Å². The van der Waals surface area contributed by atoms with Crippen LogP contribution in [0.2, 0.25) is 0 Å². The van der Waals surface area contributed by atoms with Crippen LogP contribution in [-0.4, -0.2) is 46.2 Å². The molecule has 0 bridgehead atoms. The largest absolute Gasteiger partial charge is 0.423 e. The first-order chi connectivity index (χ1) is 12.8. The summed E-state index contributed by atoms with van der Waals surface area (Å²) in [5.41, 5.74) is 6.31. The van der Waals surface area contributed by atoms with E-state index in [9.17, 15) is 19.2 Å². The summed E-state index contributed by atoms with van der Waals surface area (Å²) in [6.45, 7) is 2.71. The Morgan fingerprint density at radius 1 is 1.19 bits per heavy atom. The number of β-lactam (4-membered cyclic amide) rings is 1. The number of nitrogens with zero attached hydrogens (tertiary/aromatic N) is 1. The highest BCUT2D eigenvalue weighted by atomic mass is 32.2. The molecular formula is C18H18N2O6S. The third-order valence-electron chi connectivity index (χ3n) is 4.15. The molecule has 0 saturated carbocycles. The van der Waals surface area contributed by atoms with Gasteiger partial charge in [0, 0.05) is 43.5 Å². The van der Waals surface area contributed by atoms with E-state index >= 15 is 0 Å². The number of amides is 1. The number of hydrogen-bond acceptors (Lipinski definition) is 8. The lowest BCUT2D eigenvalue weighted by Crippen LogP contribution is -2.60. The molecule has 0 aliphatic carbocycles. The third kappa shape index (κ3) is 3.74. The number of ether oxygens (including phenoxy) is 2. The molecule has 9 heteroatoms. The molecule has 2 N–H and O–H groups in total. The van der Waals surface area contributed by atoms with E-state index < -0.39 is 11.9 Å². The van der Waals surface area contributed by atoms with Crippen LogP contribution in [0.1, 0.15) is 24.2 Å². The van der Waals surface area contributed by atoms with Crippen molar-refractivity contribution in [2.24, 2.45) is 11.7 Å². The van der Waals surface area contributed by atoms with E-state index in [-0.39, 0.29) is 46.6 Å². The summed E-state index contributed by atoms with van der Waals surface area (Å²) in [5, 5.41) is -0.0259. The molecule has 2 aliphatic rings. The number of esters is 2. The van der Waals surface area contributed by atoms with Crippen molar-refractivity contribution in [3.8, 4) is 11.5 Å². The Morgan fingerprint density at radius 3 is 2.48 bits per heavy atom. The highest BCUT2D eigenvalue weighted by Crippen LogP contribution is 2.40. The number of benzene rings is 1. The van der Waals surface area contributed by atoms with Crippen molar-refractivity contribution in [1.29, 1.82) is 0 Å². The predicted octanol–water partition coefficient (Wildman–Crippen LogP) is 1.09. The minimum atomic E-state index is -0.609. The predicted molar refractivity (Wildman–Crippen MR) is 97.1 cm³/mol. The van der Waals surface area contributed by atoms with Crippen molar-refractivity contribution in [1.82, 2.24) is 4.90 Å². The Morgan fingerprint density at radius 2 is 1.85 bits per heavy atom. The van der Waals surface area contributed by atoms with Crippen molar-refractivity contribution in [3.05, 3.63) is 35.5 Å². The van der Waals surface area contributed by atoms with Crippen molar-refractivity contribution in [2.75, 3.05) is 12.3 Å². The van der Waals surface area contributed by atoms with Gasteiger partial charge in [0.15, 0.2) is 17.3 Å². The molecule has 0 aromatic heterocycles. The maximum atomic E-state index is 12.8. The lowest BCUT2D eigenvalue weighted by molar-refractivity contribution is -0.145. The molecule has 2 aliphatic heterocycles. The lowest BCUT2D eigenvalue weighted by atomic mass is 9.97. The van der Waals surface area contributed by atoms with E-state index in [0.29, 0.717) is 11.3 Å². The second-order valence-electron chi connectivity index (χ2n) is 6.12. The van der Waals surface area contributed by atoms with Gasteiger partial charge in [-0.3, -0.25) is 19.2 Å². The van der Waals surface area contributed by atoms with Gasteiger partial charge in [0.2, 0.25) is 5.91 Å². The first-order valence-corrected chi connectivity index (χ1v) is 9.26. The number of carbonyl (C=O) groups is 4. The third-order valence-corrected chi connectivity index (χ3v) is 5.53. The average molecular weight is 390 g/mol. The maximum absolute atomic E-state index is 12.8. The molecule has 1 amide bonds. The second-order valence-corrected chi connectivity index (χ2v) is 7.23. The van der Waals surface area contributed by atoms with Gasteiger partial charge in [-0.25, -0.2) is 0 Å². The fourth-order valence-corrected chi connectivity index (χ4v) is 4.26. The molecule has 1 aromatic carbocycles. The summed E-state index contributed by atoms with van der Waals surface area (Å²) >= 11 is 1.49. The Hall–Kier alpha value is -2.65. The average Bonchev–Trinajstić information content (AvgIpc) is 2.61. The number of thioether (sulfide) groups is 1. The fraction of sp³-hybridized carbons (Fsp3) is 0.333. The van der Waals surface area contributed by atoms with Crippen LogP contribution in [0.15, 0.2) is 30.0 Å². The molecule has 27 heavy (non-hydrogen) atoms. The van der Waals surface area contributed by atoms with Crippen molar-refractivity contribution >= 4 is 35.4 Å². The van der Waals surface area contributed by atoms with Crippen molar-refractivity contribution < 1.29 is 28.7 Å². The first-order valence-electron chi connectivity index (χ1n) is 8.22. The van der Waals surface area contributed by atoms with Gasteiger partial charge in [-0.2, -0.15) is 0 Å². The van der Waals surface area contributed by atoms with E-state index in [1.165, 1.54) is 48.7 Å². The highest BCUT2D eigenvalue weighted by Gasteiger charge is 2.48. The second kappa shape index (κ2) is 7.53. The van der Waals surface area contributed by atoms with E-state index in [4.69, 9.17) is 15.2 Å². The molecule has 8 nitrogen and oxygen atoms in total. The number of Topliss-reactive ketones (excluding diaryl/α,β-unsaturated/α-hetero) is 1. The quantitative estimate of drug-likeness (QED) is 0.344. The SMILES string of the molecule is CC(=O)Oc1ccc(C(=O)C2=CN3C(=O)C(CN)[C@@H]3SC2)cc1OC(C)=O. The number of nitrogens with two attached hydrogens (primary N) is 1. The number of ketones is 1. The molecule has 1 saturated heterocycles. The van der Waals surface area contributed by atoms with Crippen LogP contribution in [0.3, 0.4) is 0 Å². The summed E-state index contributed by atoms with van der Waals surface area (Å²) in [6, 6.07) is 4.22. The molecule has 1 aromatic rings. The molecule has 1 fully saturated rings. The lowest BCUT2D eigenvalue weighted by Gasteiger charge is -2.46. The van der Waals surface area contributed by atoms with Gasteiger partial charge in [0.1, 0.15) is 0 Å². The molecule has 1 unspecified atom stereocenters. The Kier molecular flexibility index (Phi) is 5.33. The minimum absolute atomic E-state index is 0.0197. The first kappa shape index (κ1) is 19.1. The van der Waals surface area contributed by atoms with Gasteiger partial charge >= 0.3 is 11.9 Å². The summed E-state index contributed by atoms with van der Waals surface area (Å²) in [6.07, 6.45) is 1.56. The number of carbonyl (C=O) groups excluding carboxylic acids is 4. The van der Waals surface area contributed by atoms with Crippen LogP contribution >= 0.6 is 11.8 Å². The van der Waals surface area contributed by atoms with E-state index in [2.05, 4.69) is 0 Å². The van der Waals surface area contributed by atoms with E-state index in [0.717, 1.165) is 0 Å². The number of hydrogen-bond donors (Lipinski definition) is 1. The topological polar surface area (TPSA) is 116 Å². The summed E-state index contributed by atoms with van der Waals surface area (Å²) < 4.78 is 10.0. The number of fused-ring (bicyclic) bond motifs is 1. The van der Waals surface area contributed by atoms with Crippen LogP contribution in [0, 0.1) is 5.92 Å². The van der Waals surface area contributed by atoms with Gasteiger partial charge in [-0.1, -0.05) is 0 Å². The minimum Gasteiger partial charge on any atom is -0.423 e. The summed E-state index contributed by atoms with van der Waals surface area (Å²) in [7, 11) is 0. The zero-order chi connectivity index (χ0) is 19.7. The molecular weight excluding hydrogens is 372 g/mol. The number of rotatable bonds is 5. The maximum Gasteiger partial charge on any atom is 0.308 e. The Bertz CT molecular complexity index is 865. The zero-order valence-corrected chi connectivity index (χ0v) is 15.6. The van der Waals surface area contributed by atoms with Gasteiger partial charge in [0.25, 0.3) is 0 Å². The standard InChI is InChI=1S/C18H18N2O6S/c1-9(21)25-14-4-3-11(5-15(14)26-10(2)22)16(23)12-7-20-17(24)13(6-19)18(20)27-8-12/h3-5,7,13,18H,6,8,19H2,1-2H3/t13?,18-/m0/s1. The van der Waals surface area contributed by atoms with Gasteiger partial charge in [0.05, 0.1) is 11.3 Å². The molecule has 2 heterocycles. The van der Waals surface area contributed by atoms with Crippen LogP contribution in [0.4, 0.5) is 0 Å². The summed E-state index contributed by atoms with van der Waals surface area (Å²) in [5.74, 6) is -1.31. The van der Waals surface area contributed by atoms with Crippen LogP contribution in [0.25, 0.3) is 0 Å². The van der Waals surface area contributed by atoms with Gasteiger partial charge in [-0.15, -0.1) is 11.8 Å². The highest BCUT2D eigenvalue weighted by molar-refractivity contribution is 8.00. The fourth-order valence-electron chi connectivity index (χ4n) is 2.91. The van der Waals surface area contributed by atoms with Crippen LogP contribution < -0.4 is 15.2 Å². The molecule has 3 rings (SSSR count). The van der Waals surface area contributed by atoms with Crippen molar-refractivity contribution in [2.45, 2.75) is 19.2 Å². The summed E-state index contributed by atoms with van der Waals surface area (Å²) in [4.78, 5) is 48.8. The van der Waals surface area contributed by atoms with Crippen molar-refractivity contribution in [3.63, 3.8) is 0 Å². The molecule has 0 spiro atoms. The smallest absolute Gasteiger partial charge is 0.308 e. The zero-order valence-electron chi connectivity index (χ0n) is 14.8. The Balaban J connectivity index is 1.85. The molecule has 142 valence electrons. The monoisotopic (exact) mass is 390 g/mol. The normalized spacial score (nSPS) is 20.9. The van der Waals surface area contributed by atoms with Gasteiger partial charge in [-0.05, 0) is 18.2 Å². The van der Waals surface area contributed by atoms with Crippen LogP contribution in [0.5, 0.6) is 11.5 Å². The van der Waals surface area contributed by atoms with E-state index in [1.807, 2.05) is 0 Å².